The highest BCUT2D eigenvalue weighted by Gasteiger charge is 2.07. The monoisotopic (exact) mass is 339 g/mol. The van der Waals surface area contributed by atoms with Crippen molar-refractivity contribution < 1.29 is 9.53 Å². The van der Waals surface area contributed by atoms with Gasteiger partial charge >= 0.3 is 6.01 Å². The molecule has 5 nitrogen and oxygen atoms in total. The first-order valence-corrected chi connectivity index (χ1v) is 8.39. The van der Waals surface area contributed by atoms with Crippen molar-refractivity contribution in [1.29, 1.82) is 0 Å². The van der Waals surface area contributed by atoms with E-state index in [-0.39, 0.29) is 5.91 Å². The number of thiophene rings is 1. The maximum atomic E-state index is 12.1. The van der Waals surface area contributed by atoms with Gasteiger partial charge in [0.1, 0.15) is 5.75 Å². The molecular formula is C18H17N3O2S. The van der Waals surface area contributed by atoms with Gasteiger partial charge in [0, 0.05) is 28.0 Å². The van der Waals surface area contributed by atoms with Crippen LogP contribution in [0.1, 0.15) is 16.3 Å². The second-order valence-electron chi connectivity index (χ2n) is 5.37. The molecule has 0 unspecified atom stereocenters. The predicted molar refractivity (Wildman–Crippen MR) is 94.7 cm³/mol. The van der Waals surface area contributed by atoms with Crippen LogP contribution >= 0.6 is 11.3 Å². The molecule has 0 aliphatic carbocycles. The average molecular weight is 339 g/mol. The van der Waals surface area contributed by atoms with Gasteiger partial charge in [-0.3, -0.25) is 4.79 Å². The number of carbonyl (C=O) groups is 1. The Hall–Kier alpha value is -2.73. The number of aromatic nitrogens is 2. The van der Waals surface area contributed by atoms with E-state index in [0.29, 0.717) is 23.9 Å². The third-order valence-corrected chi connectivity index (χ3v) is 4.08. The lowest BCUT2D eigenvalue weighted by Crippen LogP contribution is -2.13. The Morgan fingerprint density at radius 1 is 1.12 bits per heavy atom. The Labute approximate surface area is 144 Å². The van der Waals surface area contributed by atoms with E-state index in [1.165, 1.54) is 0 Å². The van der Waals surface area contributed by atoms with Crippen LogP contribution in [-0.4, -0.2) is 15.9 Å². The number of nitrogens with one attached hydrogen (secondary N) is 1. The molecule has 6 heteroatoms. The van der Waals surface area contributed by atoms with E-state index >= 15 is 0 Å². The third-order valence-electron chi connectivity index (χ3n) is 3.20. The molecule has 0 saturated heterocycles. The van der Waals surface area contributed by atoms with E-state index in [1.807, 2.05) is 49.6 Å². The van der Waals surface area contributed by atoms with Gasteiger partial charge in [-0.2, -0.15) is 0 Å². The van der Waals surface area contributed by atoms with E-state index in [0.717, 1.165) is 16.3 Å². The number of rotatable bonds is 5. The highest BCUT2D eigenvalue weighted by Crippen LogP contribution is 2.22. The molecule has 0 aliphatic heterocycles. The lowest BCUT2D eigenvalue weighted by molar-refractivity contribution is -0.115. The van der Waals surface area contributed by atoms with Gasteiger partial charge in [0.05, 0.1) is 6.42 Å². The summed E-state index contributed by atoms with van der Waals surface area (Å²) in [6, 6.07) is 13.3. The van der Waals surface area contributed by atoms with Crippen molar-refractivity contribution in [3.63, 3.8) is 0 Å². The zero-order valence-corrected chi connectivity index (χ0v) is 14.3. The summed E-state index contributed by atoms with van der Waals surface area (Å²) in [5.74, 6) is 0.520. The summed E-state index contributed by atoms with van der Waals surface area (Å²) in [6.07, 6.45) is 0.364. The minimum Gasteiger partial charge on any atom is -0.424 e. The molecule has 1 N–H and O–H groups in total. The Morgan fingerprint density at radius 3 is 2.62 bits per heavy atom. The highest BCUT2D eigenvalue weighted by molar-refractivity contribution is 7.10. The molecule has 2 aromatic heterocycles. The van der Waals surface area contributed by atoms with Crippen molar-refractivity contribution >= 4 is 22.9 Å². The summed E-state index contributed by atoms with van der Waals surface area (Å²) in [7, 11) is 0. The molecule has 0 radical (unpaired) electrons. The van der Waals surface area contributed by atoms with E-state index in [2.05, 4.69) is 15.3 Å². The summed E-state index contributed by atoms with van der Waals surface area (Å²) in [6.45, 7) is 3.78. The Bertz CT molecular complexity index is 827. The standard InChI is InChI=1S/C18H17N3O2S/c1-12-9-13(2)20-18(19-12)23-15-6-3-5-14(10-15)21-17(22)11-16-7-4-8-24-16/h3-10H,11H2,1-2H3,(H,21,22). The zero-order chi connectivity index (χ0) is 16.9. The van der Waals surface area contributed by atoms with Crippen LogP contribution in [0.15, 0.2) is 47.8 Å². The van der Waals surface area contributed by atoms with Crippen molar-refractivity contribution in [2.75, 3.05) is 5.32 Å². The molecule has 3 rings (SSSR count). The van der Waals surface area contributed by atoms with Gasteiger partial charge < -0.3 is 10.1 Å². The SMILES string of the molecule is Cc1cc(C)nc(Oc2cccc(NC(=O)Cc3cccs3)c2)n1. The Balaban J connectivity index is 1.68. The molecule has 1 aromatic carbocycles. The third kappa shape index (κ3) is 4.39. The predicted octanol–water partition coefficient (Wildman–Crippen LogP) is 4.13. The summed E-state index contributed by atoms with van der Waals surface area (Å²) in [5.41, 5.74) is 2.37. The van der Waals surface area contributed by atoms with Gasteiger partial charge in [0.2, 0.25) is 5.91 Å². The Kier molecular flexibility index (Phi) is 4.86. The minimum atomic E-state index is -0.0581. The first-order valence-electron chi connectivity index (χ1n) is 7.51. The molecular weight excluding hydrogens is 322 g/mol. The van der Waals surface area contributed by atoms with Gasteiger partial charge in [-0.25, -0.2) is 9.97 Å². The fraction of sp³-hybridized carbons (Fsp3) is 0.167. The molecule has 122 valence electrons. The van der Waals surface area contributed by atoms with Crippen LogP contribution in [0, 0.1) is 13.8 Å². The molecule has 0 bridgehead atoms. The molecule has 0 fully saturated rings. The summed E-state index contributed by atoms with van der Waals surface area (Å²) in [4.78, 5) is 21.6. The molecule has 2 heterocycles. The van der Waals surface area contributed by atoms with Crippen LogP contribution in [0.25, 0.3) is 0 Å². The molecule has 24 heavy (non-hydrogen) atoms. The van der Waals surface area contributed by atoms with Gasteiger partial charge in [-0.05, 0) is 43.5 Å². The van der Waals surface area contributed by atoms with Gasteiger partial charge in [0.25, 0.3) is 0 Å². The average Bonchev–Trinajstić information content (AvgIpc) is 2.99. The normalized spacial score (nSPS) is 10.4. The fourth-order valence-corrected chi connectivity index (χ4v) is 2.96. The number of hydrogen-bond donors (Lipinski definition) is 1. The van der Waals surface area contributed by atoms with Crippen molar-refractivity contribution in [2.45, 2.75) is 20.3 Å². The molecule has 0 aliphatic rings. The molecule has 1 amide bonds. The maximum absolute atomic E-state index is 12.1. The molecule has 0 spiro atoms. The number of ether oxygens (including phenoxy) is 1. The van der Waals surface area contributed by atoms with E-state index in [1.54, 1.807) is 23.5 Å². The van der Waals surface area contributed by atoms with Crippen LogP contribution < -0.4 is 10.1 Å². The van der Waals surface area contributed by atoms with Crippen LogP contribution in [0.5, 0.6) is 11.8 Å². The van der Waals surface area contributed by atoms with Crippen LogP contribution in [0.4, 0.5) is 5.69 Å². The van der Waals surface area contributed by atoms with Crippen molar-refractivity contribution in [1.82, 2.24) is 9.97 Å². The summed E-state index contributed by atoms with van der Waals surface area (Å²) in [5, 5.41) is 4.84. The number of hydrogen-bond acceptors (Lipinski definition) is 5. The molecule has 0 atom stereocenters. The van der Waals surface area contributed by atoms with E-state index < -0.39 is 0 Å². The van der Waals surface area contributed by atoms with E-state index in [9.17, 15) is 4.79 Å². The fourth-order valence-electron chi connectivity index (χ4n) is 2.26. The number of nitrogens with zero attached hydrogens (tertiary/aromatic N) is 2. The van der Waals surface area contributed by atoms with Gasteiger partial charge in [0.15, 0.2) is 0 Å². The van der Waals surface area contributed by atoms with Gasteiger partial charge in [-0.15, -0.1) is 11.3 Å². The van der Waals surface area contributed by atoms with Crippen LogP contribution in [0.2, 0.25) is 0 Å². The second kappa shape index (κ2) is 7.23. The quantitative estimate of drug-likeness (QED) is 0.759. The zero-order valence-electron chi connectivity index (χ0n) is 13.4. The number of aryl methyl sites for hydroxylation is 2. The number of amides is 1. The summed E-state index contributed by atoms with van der Waals surface area (Å²) < 4.78 is 5.70. The lowest BCUT2D eigenvalue weighted by Gasteiger charge is -2.08. The molecule has 3 aromatic rings. The van der Waals surface area contributed by atoms with Crippen molar-refractivity contribution in [3.05, 3.63) is 64.1 Å². The van der Waals surface area contributed by atoms with Crippen molar-refractivity contribution in [2.24, 2.45) is 0 Å². The Morgan fingerprint density at radius 2 is 1.92 bits per heavy atom. The van der Waals surface area contributed by atoms with Gasteiger partial charge in [-0.1, -0.05) is 12.1 Å². The highest BCUT2D eigenvalue weighted by atomic mass is 32.1. The summed E-state index contributed by atoms with van der Waals surface area (Å²) >= 11 is 1.57. The number of benzene rings is 1. The van der Waals surface area contributed by atoms with Crippen LogP contribution in [0.3, 0.4) is 0 Å². The topological polar surface area (TPSA) is 64.1 Å². The second-order valence-corrected chi connectivity index (χ2v) is 6.40. The number of anilines is 1. The van der Waals surface area contributed by atoms with Crippen molar-refractivity contribution in [3.8, 4) is 11.8 Å². The lowest BCUT2D eigenvalue weighted by atomic mass is 10.2. The smallest absolute Gasteiger partial charge is 0.322 e. The van der Waals surface area contributed by atoms with Crippen LogP contribution in [-0.2, 0) is 11.2 Å². The minimum absolute atomic E-state index is 0.0581. The number of carbonyl (C=O) groups excluding carboxylic acids is 1. The largest absolute Gasteiger partial charge is 0.424 e. The molecule has 0 saturated carbocycles. The first-order chi connectivity index (χ1) is 11.6. The van der Waals surface area contributed by atoms with E-state index in [4.69, 9.17) is 4.74 Å². The maximum Gasteiger partial charge on any atom is 0.322 e. The first kappa shape index (κ1) is 16.1.